The van der Waals surface area contributed by atoms with Gasteiger partial charge in [-0.1, -0.05) is 29.1 Å². The Morgan fingerprint density at radius 3 is 2.69 bits per heavy atom. The molecule has 7 heteroatoms. The molecule has 2 aromatic rings. The zero-order valence-corrected chi connectivity index (χ0v) is 16.2. The van der Waals surface area contributed by atoms with Gasteiger partial charge in [0.05, 0.1) is 17.9 Å². The summed E-state index contributed by atoms with van der Waals surface area (Å²) in [6.07, 6.45) is 5.24. The van der Waals surface area contributed by atoms with Gasteiger partial charge in [0.1, 0.15) is 12.0 Å². The van der Waals surface area contributed by atoms with Crippen molar-refractivity contribution in [3.8, 4) is 23.8 Å². The van der Waals surface area contributed by atoms with E-state index >= 15 is 0 Å². The smallest absolute Gasteiger partial charge is 0.238 e. The molecule has 0 aromatic heterocycles. The molecule has 0 aliphatic carbocycles. The number of benzene rings is 2. The van der Waals surface area contributed by atoms with Gasteiger partial charge >= 0.3 is 0 Å². The van der Waals surface area contributed by atoms with Crippen molar-refractivity contribution in [2.45, 2.75) is 5.37 Å². The highest BCUT2D eigenvalue weighted by Gasteiger charge is 2.35. The normalized spacial score (nSPS) is 16.5. The maximum absolute atomic E-state index is 12.5. The topological polar surface area (TPSA) is 38.8 Å². The van der Waals surface area contributed by atoms with E-state index in [0.29, 0.717) is 27.3 Å². The summed E-state index contributed by atoms with van der Waals surface area (Å²) in [5.41, 5.74) is 1.61. The fraction of sp³-hybridized carbons (Fsp3) is 0.211. The first-order valence-electron chi connectivity index (χ1n) is 7.68. The minimum absolute atomic E-state index is 0.0186. The number of rotatable bonds is 5. The molecule has 2 aromatic carbocycles. The number of hydrogen-bond donors (Lipinski definition) is 0. The molecule has 0 radical (unpaired) electrons. The highest BCUT2D eigenvalue weighted by Crippen LogP contribution is 2.46. The molecule has 134 valence electrons. The Hall–Kier alpha value is -2.00. The summed E-state index contributed by atoms with van der Waals surface area (Å²) in [5.74, 6) is 3.66. The third-order valence-electron chi connectivity index (χ3n) is 3.81. The maximum atomic E-state index is 12.5. The van der Waals surface area contributed by atoms with Crippen molar-refractivity contribution in [2.24, 2.45) is 0 Å². The Morgan fingerprint density at radius 1 is 1.31 bits per heavy atom. The fourth-order valence-electron chi connectivity index (χ4n) is 2.69. The molecule has 1 aliphatic heterocycles. The molecule has 1 aliphatic rings. The molecule has 1 heterocycles. The summed E-state index contributed by atoms with van der Waals surface area (Å²) >= 11 is 13.9. The third kappa shape index (κ3) is 3.73. The third-order valence-corrected chi connectivity index (χ3v) is 5.55. The van der Waals surface area contributed by atoms with Crippen LogP contribution in [0, 0.1) is 12.3 Å². The average molecular weight is 408 g/mol. The Bertz CT molecular complexity index is 864. The second-order valence-corrected chi connectivity index (χ2v) is 7.34. The highest BCUT2D eigenvalue weighted by molar-refractivity contribution is 8.00. The lowest BCUT2D eigenvalue weighted by atomic mass is 10.1. The van der Waals surface area contributed by atoms with Crippen LogP contribution >= 0.6 is 35.0 Å². The molecule has 0 bridgehead atoms. The number of hydrogen-bond acceptors (Lipinski definition) is 4. The molecule has 1 saturated heterocycles. The first-order valence-corrected chi connectivity index (χ1v) is 9.48. The zero-order valence-electron chi connectivity index (χ0n) is 13.9. The molecule has 1 amide bonds. The van der Waals surface area contributed by atoms with E-state index in [9.17, 15) is 4.79 Å². The van der Waals surface area contributed by atoms with E-state index in [1.54, 1.807) is 23.1 Å². The summed E-state index contributed by atoms with van der Waals surface area (Å²) in [4.78, 5) is 14.2. The quantitative estimate of drug-likeness (QED) is 0.667. The van der Waals surface area contributed by atoms with E-state index in [2.05, 4.69) is 5.92 Å². The Kier molecular flexibility index (Phi) is 5.87. The Labute approximate surface area is 166 Å². The number of carbonyl (C=O) groups is 1. The van der Waals surface area contributed by atoms with E-state index in [0.717, 1.165) is 11.3 Å². The van der Waals surface area contributed by atoms with Crippen molar-refractivity contribution >= 4 is 46.6 Å². The second kappa shape index (κ2) is 8.13. The number of thioether (sulfide) groups is 1. The molecular weight excluding hydrogens is 393 g/mol. The Balaban J connectivity index is 1.99. The van der Waals surface area contributed by atoms with Crippen molar-refractivity contribution in [3.63, 3.8) is 0 Å². The standard InChI is InChI=1S/C19H15Cl2NO3S/c1-3-8-25-18-15(21)9-12(10-16(18)24-2)19-22(17(23)11-26-19)14-6-4-13(20)5-7-14/h1,4-7,9-10,19H,8,11H2,2H3/t19-/m0/s1. The van der Waals surface area contributed by atoms with E-state index in [1.807, 2.05) is 18.2 Å². The van der Waals surface area contributed by atoms with Crippen molar-refractivity contribution in [2.75, 3.05) is 24.4 Å². The molecule has 0 saturated carbocycles. The summed E-state index contributed by atoms with van der Waals surface area (Å²) in [5, 5.41) is 0.770. The summed E-state index contributed by atoms with van der Waals surface area (Å²) in [6.45, 7) is 0.0863. The molecule has 26 heavy (non-hydrogen) atoms. The van der Waals surface area contributed by atoms with Gasteiger partial charge in [0, 0.05) is 10.7 Å². The maximum Gasteiger partial charge on any atom is 0.238 e. The molecule has 0 N–H and O–H groups in total. The van der Waals surface area contributed by atoms with Crippen LogP contribution in [0.25, 0.3) is 0 Å². The van der Waals surface area contributed by atoms with Gasteiger partial charge in [0.25, 0.3) is 0 Å². The van der Waals surface area contributed by atoms with E-state index < -0.39 is 0 Å². The van der Waals surface area contributed by atoms with Gasteiger partial charge in [-0.15, -0.1) is 18.2 Å². The minimum atomic E-state index is -0.225. The van der Waals surface area contributed by atoms with E-state index in [1.165, 1.54) is 18.9 Å². The minimum Gasteiger partial charge on any atom is -0.493 e. The van der Waals surface area contributed by atoms with Crippen LogP contribution in [0.2, 0.25) is 10.0 Å². The van der Waals surface area contributed by atoms with Crippen molar-refractivity contribution in [1.82, 2.24) is 0 Å². The van der Waals surface area contributed by atoms with Crippen molar-refractivity contribution in [3.05, 3.63) is 52.0 Å². The van der Waals surface area contributed by atoms with Gasteiger partial charge in [-0.25, -0.2) is 0 Å². The summed E-state index contributed by atoms with van der Waals surface area (Å²) in [7, 11) is 1.53. The largest absolute Gasteiger partial charge is 0.493 e. The molecule has 1 fully saturated rings. The number of methoxy groups -OCH3 is 1. The molecule has 3 rings (SSSR count). The van der Waals surface area contributed by atoms with Crippen LogP contribution in [-0.4, -0.2) is 25.4 Å². The number of anilines is 1. The van der Waals surface area contributed by atoms with Crippen LogP contribution in [0.4, 0.5) is 5.69 Å². The first-order chi connectivity index (χ1) is 12.5. The summed E-state index contributed by atoms with van der Waals surface area (Å²) < 4.78 is 10.9. The lowest BCUT2D eigenvalue weighted by Crippen LogP contribution is -2.27. The van der Waals surface area contributed by atoms with Crippen LogP contribution in [0.1, 0.15) is 10.9 Å². The first kappa shape index (κ1) is 18.8. The zero-order chi connectivity index (χ0) is 18.7. The van der Waals surface area contributed by atoms with Gasteiger partial charge in [-0.05, 0) is 42.0 Å². The molecular formula is C19H15Cl2NO3S. The molecule has 4 nitrogen and oxygen atoms in total. The average Bonchev–Trinajstić information content (AvgIpc) is 3.02. The van der Waals surface area contributed by atoms with Crippen LogP contribution in [0.5, 0.6) is 11.5 Å². The Morgan fingerprint density at radius 2 is 2.04 bits per heavy atom. The fourth-order valence-corrected chi connectivity index (χ4v) is 4.24. The van der Waals surface area contributed by atoms with E-state index in [-0.39, 0.29) is 17.9 Å². The molecule has 0 unspecified atom stereocenters. The number of terminal acetylenes is 1. The van der Waals surface area contributed by atoms with Crippen LogP contribution < -0.4 is 14.4 Å². The highest BCUT2D eigenvalue weighted by atomic mass is 35.5. The lowest BCUT2D eigenvalue weighted by Gasteiger charge is -2.25. The van der Waals surface area contributed by atoms with Crippen LogP contribution in [0.3, 0.4) is 0 Å². The monoisotopic (exact) mass is 407 g/mol. The predicted octanol–water partition coefficient (Wildman–Crippen LogP) is 4.79. The summed E-state index contributed by atoms with van der Waals surface area (Å²) in [6, 6.07) is 10.7. The SMILES string of the molecule is C#CCOc1c(Cl)cc([C@@H]2SCC(=O)N2c2ccc(Cl)cc2)cc1OC. The number of amides is 1. The van der Waals surface area contributed by atoms with Crippen LogP contribution in [-0.2, 0) is 4.79 Å². The number of nitrogens with zero attached hydrogens (tertiary/aromatic N) is 1. The van der Waals surface area contributed by atoms with Crippen molar-refractivity contribution in [1.29, 1.82) is 0 Å². The van der Waals surface area contributed by atoms with Gasteiger partial charge in [-0.2, -0.15) is 0 Å². The van der Waals surface area contributed by atoms with Gasteiger partial charge in [-0.3, -0.25) is 9.69 Å². The second-order valence-electron chi connectivity index (χ2n) is 5.43. The predicted molar refractivity (Wildman–Crippen MR) is 106 cm³/mol. The lowest BCUT2D eigenvalue weighted by molar-refractivity contribution is -0.115. The van der Waals surface area contributed by atoms with Crippen molar-refractivity contribution < 1.29 is 14.3 Å². The number of ether oxygens (including phenoxy) is 2. The number of halogens is 2. The van der Waals surface area contributed by atoms with E-state index in [4.69, 9.17) is 39.1 Å². The number of carbonyl (C=O) groups excluding carboxylic acids is 1. The molecule has 0 spiro atoms. The van der Waals surface area contributed by atoms with Gasteiger partial charge < -0.3 is 9.47 Å². The molecule has 1 atom stereocenters. The van der Waals surface area contributed by atoms with Gasteiger partial charge in [0.15, 0.2) is 11.5 Å². The van der Waals surface area contributed by atoms with Crippen LogP contribution in [0.15, 0.2) is 36.4 Å². The van der Waals surface area contributed by atoms with Gasteiger partial charge in [0.2, 0.25) is 5.91 Å².